The van der Waals surface area contributed by atoms with Crippen molar-refractivity contribution in [3.8, 4) is 17.2 Å². The van der Waals surface area contributed by atoms with Crippen LogP contribution >= 0.6 is 11.6 Å². The van der Waals surface area contributed by atoms with E-state index < -0.39 is 29.8 Å². The number of benzene rings is 4. The number of alkyl halides is 3. The molecular weight excluding hydrogens is 577 g/mol. The number of ether oxygens (including phenoxy) is 3. The maximum absolute atomic E-state index is 13.1. The number of hydrogen-bond donors (Lipinski definition) is 3. The lowest BCUT2D eigenvalue weighted by molar-refractivity contribution is -0.137. The summed E-state index contributed by atoms with van der Waals surface area (Å²) < 4.78 is 55.9. The summed E-state index contributed by atoms with van der Waals surface area (Å²) in [7, 11) is 2.93. The fourth-order valence-corrected chi connectivity index (χ4v) is 4.29. The predicted octanol–water partition coefficient (Wildman–Crippen LogP) is 7.89. The van der Waals surface area contributed by atoms with E-state index in [-0.39, 0.29) is 22.0 Å². The van der Waals surface area contributed by atoms with E-state index in [9.17, 15) is 27.9 Å². The first kappa shape index (κ1) is 30.1. The van der Waals surface area contributed by atoms with Crippen molar-refractivity contribution < 1.29 is 42.1 Å². The van der Waals surface area contributed by atoms with Crippen molar-refractivity contribution in [1.29, 1.82) is 0 Å². The standard InChI is InChI=1S/C30H24ClF3N2O6/c1-40-25-14-12-20(16-26(25)41-2)36-29(39)35-19-11-13-24(22(15-19)28(37)38)42-27(21-5-3-4-6-23(21)31)17-7-9-18(10-8-17)30(32,33)34/h3-16,27H,1-2H3,(H,37,38)(H2,35,36,39). The van der Waals surface area contributed by atoms with Gasteiger partial charge in [-0.25, -0.2) is 9.59 Å². The molecule has 0 saturated carbocycles. The Morgan fingerprint density at radius 3 is 1.98 bits per heavy atom. The third-order valence-corrected chi connectivity index (χ3v) is 6.43. The van der Waals surface area contributed by atoms with Crippen LogP contribution in [0.15, 0.2) is 84.9 Å². The van der Waals surface area contributed by atoms with Crippen molar-refractivity contribution in [2.45, 2.75) is 12.3 Å². The molecule has 1 atom stereocenters. The molecule has 4 rings (SSSR count). The minimum absolute atomic E-state index is 0.0989. The van der Waals surface area contributed by atoms with E-state index in [1.165, 1.54) is 44.6 Å². The van der Waals surface area contributed by atoms with Gasteiger partial charge < -0.3 is 30.0 Å². The molecule has 0 aromatic heterocycles. The van der Waals surface area contributed by atoms with E-state index in [2.05, 4.69) is 10.6 Å². The molecule has 0 heterocycles. The Morgan fingerprint density at radius 1 is 0.810 bits per heavy atom. The average molecular weight is 601 g/mol. The molecule has 42 heavy (non-hydrogen) atoms. The van der Waals surface area contributed by atoms with E-state index >= 15 is 0 Å². The number of anilines is 2. The summed E-state index contributed by atoms with van der Waals surface area (Å²) >= 11 is 6.38. The van der Waals surface area contributed by atoms with Gasteiger partial charge in [0.2, 0.25) is 0 Å². The number of carbonyl (C=O) groups is 2. The van der Waals surface area contributed by atoms with Crippen molar-refractivity contribution >= 4 is 35.0 Å². The first-order valence-corrected chi connectivity index (χ1v) is 12.6. The molecule has 12 heteroatoms. The third kappa shape index (κ3) is 7.05. The first-order chi connectivity index (χ1) is 20.0. The molecule has 4 aromatic carbocycles. The Balaban J connectivity index is 1.61. The number of carboxylic acids is 1. The molecule has 1 unspecified atom stereocenters. The van der Waals surface area contributed by atoms with Crippen LogP contribution in [0, 0.1) is 0 Å². The Hall–Kier alpha value is -4.90. The average Bonchev–Trinajstić information content (AvgIpc) is 2.96. The number of nitrogens with one attached hydrogen (secondary N) is 2. The highest BCUT2D eigenvalue weighted by Gasteiger charge is 2.31. The molecule has 2 amide bonds. The van der Waals surface area contributed by atoms with Crippen LogP contribution < -0.4 is 24.8 Å². The van der Waals surface area contributed by atoms with Gasteiger partial charge in [-0.15, -0.1) is 0 Å². The molecule has 0 aliphatic heterocycles. The number of hydrogen-bond acceptors (Lipinski definition) is 5. The van der Waals surface area contributed by atoms with Crippen molar-refractivity contribution in [1.82, 2.24) is 0 Å². The molecule has 0 aliphatic carbocycles. The zero-order chi connectivity index (χ0) is 30.4. The number of rotatable bonds is 9. The number of urea groups is 1. The summed E-state index contributed by atoms with van der Waals surface area (Å²) in [6.45, 7) is 0. The highest BCUT2D eigenvalue weighted by atomic mass is 35.5. The lowest BCUT2D eigenvalue weighted by Gasteiger charge is -2.23. The van der Waals surface area contributed by atoms with Gasteiger partial charge in [-0.2, -0.15) is 13.2 Å². The van der Waals surface area contributed by atoms with Crippen LogP contribution in [0.1, 0.15) is 33.2 Å². The van der Waals surface area contributed by atoms with Crippen LogP contribution in [-0.2, 0) is 6.18 Å². The topological polar surface area (TPSA) is 106 Å². The summed E-state index contributed by atoms with van der Waals surface area (Å²) in [4.78, 5) is 24.8. The third-order valence-electron chi connectivity index (χ3n) is 6.08. The second kappa shape index (κ2) is 12.7. The molecule has 0 spiro atoms. The highest BCUT2D eigenvalue weighted by molar-refractivity contribution is 6.31. The largest absolute Gasteiger partial charge is 0.493 e. The predicted molar refractivity (Wildman–Crippen MR) is 151 cm³/mol. The van der Waals surface area contributed by atoms with Crippen LogP contribution in [0.2, 0.25) is 5.02 Å². The highest BCUT2D eigenvalue weighted by Crippen LogP contribution is 2.37. The maximum atomic E-state index is 13.1. The number of aromatic carboxylic acids is 1. The molecule has 3 N–H and O–H groups in total. The zero-order valence-corrected chi connectivity index (χ0v) is 22.9. The normalized spacial score (nSPS) is 11.8. The van der Waals surface area contributed by atoms with E-state index in [1.807, 2.05) is 0 Å². The molecule has 0 aliphatic rings. The number of carboxylic acid groups (broad SMARTS) is 1. The van der Waals surface area contributed by atoms with Gasteiger partial charge in [0, 0.05) is 28.0 Å². The summed E-state index contributed by atoms with van der Waals surface area (Å²) in [5, 5.41) is 15.4. The fourth-order valence-electron chi connectivity index (χ4n) is 4.06. The minimum Gasteiger partial charge on any atom is -0.493 e. The quantitative estimate of drug-likeness (QED) is 0.180. The molecule has 0 saturated heterocycles. The lowest BCUT2D eigenvalue weighted by Crippen LogP contribution is -2.20. The SMILES string of the molecule is COc1ccc(NC(=O)Nc2ccc(OC(c3ccc(C(F)(F)F)cc3)c3ccccc3Cl)c(C(=O)O)c2)cc1OC. The Labute approximate surface area is 243 Å². The first-order valence-electron chi connectivity index (χ1n) is 12.3. The van der Waals surface area contributed by atoms with Crippen molar-refractivity contribution in [3.05, 3.63) is 112 Å². The Bertz CT molecular complexity index is 1600. The molecule has 0 radical (unpaired) electrons. The van der Waals surface area contributed by atoms with E-state index in [1.54, 1.807) is 42.5 Å². The molecule has 0 fully saturated rings. The molecule has 8 nitrogen and oxygen atoms in total. The second-order valence-electron chi connectivity index (χ2n) is 8.80. The summed E-state index contributed by atoms with van der Waals surface area (Å²) in [6, 6.07) is 18.9. The van der Waals surface area contributed by atoms with Gasteiger partial charge in [-0.05, 0) is 54.1 Å². The second-order valence-corrected chi connectivity index (χ2v) is 9.21. The molecule has 218 valence electrons. The van der Waals surface area contributed by atoms with Crippen molar-refractivity contribution in [2.75, 3.05) is 24.9 Å². The summed E-state index contributed by atoms with van der Waals surface area (Å²) in [5.74, 6) is -0.597. The summed E-state index contributed by atoms with van der Waals surface area (Å²) in [6.07, 6.45) is -5.59. The molecule has 0 bridgehead atoms. The van der Waals surface area contributed by atoms with Crippen molar-refractivity contribution in [2.24, 2.45) is 0 Å². The summed E-state index contributed by atoms with van der Waals surface area (Å²) in [5.41, 5.74) is 0.0972. The van der Waals surface area contributed by atoms with Gasteiger partial charge in [0.1, 0.15) is 11.3 Å². The number of carbonyl (C=O) groups excluding carboxylic acids is 1. The van der Waals surface area contributed by atoms with Gasteiger partial charge in [-0.3, -0.25) is 0 Å². The lowest BCUT2D eigenvalue weighted by atomic mass is 9.99. The van der Waals surface area contributed by atoms with Gasteiger partial charge >= 0.3 is 18.2 Å². The molecule has 4 aromatic rings. The fraction of sp³-hybridized carbons (Fsp3) is 0.133. The van der Waals surface area contributed by atoms with Gasteiger partial charge in [0.05, 0.1) is 19.8 Å². The monoisotopic (exact) mass is 600 g/mol. The van der Waals surface area contributed by atoms with Gasteiger partial charge in [0.25, 0.3) is 0 Å². The van der Waals surface area contributed by atoms with Crippen LogP contribution in [-0.4, -0.2) is 31.3 Å². The van der Waals surface area contributed by atoms with E-state index in [4.69, 9.17) is 25.8 Å². The van der Waals surface area contributed by atoms with Crippen LogP contribution in [0.5, 0.6) is 17.2 Å². The number of amides is 2. The molecular formula is C30H24ClF3N2O6. The number of halogens is 4. The van der Waals surface area contributed by atoms with Gasteiger partial charge in [-0.1, -0.05) is 41.9 Å². The van der Waals surface area contributed by atoms with Crippen LogP contribution in [0.4, 0.5) is 29.3 Å². The Kier molecular flexibility index (Phi) is 9.12. The van der Waals surface area contributed by atoms with Crippen LogP contribution in [0.3, 0.4) is 0 Å². The Morgan fingerprint density at radius 2 is 1.40 bits per heavy atom. The van der Waals surface area contributed by atoms with Crippen molar-refractivity contribution in [3.63, 3.8) is 0 Å². The maximum Gasteiger partial charge on any atom is 0.416 e. The van der Waals surface area contributed by atoms with Gasteiger partial charge in [0.15, 0.2) is 17.6 Å². The zero-order valence-electron chi connectivity index (χ0n) is 22.2. The number of methoxy groups -OCH3 is 2. The van der Waals surface area contributed by atoms with Crippen LogP contribution in [0.25, 0.3) is 0 Å². The minimum atomic E-state index is -4.54. The van der Waals surface area contributed by atoms with E-state index in [0.717, 1.165) is 12.1 Å². The van der Waals surface area contributed by atoms with E-state index in [0.29, 0.717) is 28.3 Å². The smallest absolute Gasteiger partial charge is 0.416 e.